The van der Waals surface area contributed by atoms with Crippen molar-refractivity contribution in [2.45, 2.75) is 19.8 Å². The highest BCUT2D eigenvalue weighted by molar-refractivity contribution is 6.09. The predicted octanol–water partition coefficient (Wildman–Crippen LogP) is 4.43. The maximum Gasteiger partial charge on any atom is 0.274 e. The van der Waals surface area contributed by atoms with E-state index in [9.17, 15) is 4.79 Å². The Morgan fingerprint density at radius 2 is 1.77 bits per heavy atom. The first-order valence-electron chi connectivity index (χ1n) is 12.7. The number of rotatable bonds is 7. The van der Waals surface area contributed by atoms with E-state index in [1.54, 1.807) is 6.07 Å². The molecule has 2 fully saturated rings. The molecule has 0 radical (unpaired) electrons. The highest BCUT2D eigenvalue weighted by Gasteiger charge is 2.19. The SMILES string of the molecule is CC1CCN(c2cccc(C(=O)Nc3ccc(OCCN4CCOCC4)c4ccccc34)n2)CC1. The number of carbonyl (C=O) groups excluding carboxylic acids is 1. The maximum atomic E-state index is 13.1. The first-order valence-corrected chi connectivity index (χ1v) is 12.7. The predicted molar refractivity (Wildman–Crippen MR) is 140 cm³/mol. The number of aromatic nitrogens is 1. The molecule has 3 aromatic rings. The number of hydrogen-bond acceptors (Lipinski definition) is 6. The number of hydrogen-bond donors (Lipinski definition) is 1. The Balaban J connectivity index is 1.28. The number of piperidine rings is 1. The lowest BCUT2D eigenvalue weighted by Crippen LogP contribution is -2.38. The molecule has 2 aliphatic heterocycles. The minimum atomic E-state index is -0.205. The van der Waals surface area contributed by atoms with E-state index in [2.05, 4.69) is 27.0 Å². The summed E-state index contributed by atoms with van der Waals surface area (Å²) in [4.78, 5) is 22.4. The number of anilines is 2. The summed E-state index contributed by atoms with van der Waals surface area (Å²) in [6.45, 7) is 9.20. The third-order valence-corrected chi connectivity index (χ3v) is 6.98. The number of benzene rings is 2. The van der Waals surface area contributed by atoms with Gasteiger partial charge in [0, 0.05) is 49.2 Å². The smallest absolute Gasteiger partial charge is 0.274 e. The van der Waals surface area contributed by atoms with Gasteiger partial charge >= 0.3 is 0 Å². The number of morpholine rings is 1. The van der Waals surface area contributed by atoms with Crippen LogP contribution >= 0.6 is 0 Å². The lowest BCUT2D eigenvalue weighted by molar-refractivity contribution is 0.0323. The van der Waals surface area contributed by atoms with Gasteiger partial charge in [-0.3, -0.25) is 9.69 Å². The molecular formula is C28H34N4O3. The van der Waals surface area contributed by atoms with E-state index in [1.807, 2.05) is 48.5 Å². The molecule has 0 saturated carbocycles. The van der Waals surface area contributed by atoms with Gasteiger partial charge in [-0.15, -0.1) is 0 Å². The average molecular weight is 475 g/mol. The average Bonchev–Trinajstić information content (AvgIpc) is 2.91. The van der Waals surface area contributed by atoms with Crippen LogP contribution in [0, 0.1) is 5.92 Å². The number of amides is 1. The van der Waals surface area contributed by atoms with Crippen molar-refractivity contribution in [2.75, 3.05) is 62.8 Å². The van der Waals surface area contributed by atoms with Crippen LogP contribution in [0.5, 0.6) is 5.75 Å². The van der Waals surface area contributed by atoms with Gasteiger partial charge in [0.2, 0.25) is 0 Å². The number of ether oxygens (including phenoxy) is 2. The van der Waals surface area contributed by atoms with Gasteiger partial charge in [-0.05, 0) is 43.0 Å². The van der Waals surface area contributed by atoms with Crippen molar-refractivity contribution in [3.63, 3.8) is 0 Å². The molecule has 2 saturated heterocycles. The molecule has 0 atom stereocenters. The Bertz CT molecular complexity index is 1150. The fourth-order valence-electron chi connectivity index (χ4n) is 4.77. The molecule has 5 rings (SSSR count). The molecule has 1 aromatic heterocycles. The normalized spacial score (nSPS) is 17.5. The van der Waals surface area contributed by atoms with Gasteiger partial charge in [-0.2, -0.15) is 0 Å². The van der Waals surface area contributed by atoms with Crippen molar-refractivity contribution >= 4 is 28.2 Å². The minimum absolute atomic E-state index is 0.205. The fraction of sp³-hybridized carbons (Fsp3) is 0.429. The van der Waals surface area contributed by atoms with Crippen LogP contribution in [0.25, 0.3) is 10.8 Å². The Morgan fingerprint density at radius 1 is 1.00 bits per heavy atom. The van der Waals surface area contributed by atoms with Crippen LogP contribution in [0.1, 0.15) is 30.3 Å². The number of pyridine rings is 1. The number of carbonyl (C=O) groups is 1. The summed E-state index contributed by atoms with van der Waals surface area (Å²) in [5, 5.41) is 5.01. The Kier molecular flexibility index (Phi) is 7.45. The van der Waals surface area contributed by atoms with Crippen LogP contribution < -0.4 is 15.0 Å². The summed E-state index contributed by atoms with van der Waals surface area (Å²) in [5.41, 5.74) is 1.18. The first-order chi connectivity index (χ1) is 17.2. The summed E-state index contributed by atoms with van der Waals surface area (Å²) in [7, 11) is 0. The first kappa shape index (κ1) is 23.6. The third kappa shape index (κ3) is 5.74. The van der Waals surface area contributed by atoms with E-state index < -0.39 is 0 Å². The second kappa shape index (κ2) is 11.1. The van der Waals surface area contributed by atoms with Gasteiger partial charge in [-0.1, -0.05) is 37.3 Å². The molecule has 0 spiro atoms. The van der Waals surface area contributed by atoms with Crippen LogP contribution in [0.15, 0.2) is 54.6 Å². The van der Waals surface area contributed by atoms with Gasteiger partial charge in [-0.25, -0.2) is 4.98 Å². The number of fused-ring (bicyclic) bond motifs is 1. The van der Waals surface area contributed by atoms with Crippen molar-refractivity contribution in [1.82, 2.24) is 9.88 Å². The molecule has 184 valence electrons. The quantitative estimate of drug-likeness (QED) is 0.546. The van der Waals surface area contributed by atoms with Crippen LogP contribution in [0.2, 0.25) is 0 Å². The highest BCUT2D eigenvalue weighted by Crippen LogP contribution is 2.32. The minimum Gasteiger partial charge on any atom is -0.492 e. The van der Waals surface area contributed by atoms with E-state index in [0.717, 1.165) is 92.7 Å². The lowest BCUT2D eigenvalue weighted by atomic mass is 9.99. The number of nitrogens with zero attached hydrogens (tertiary/aromatic N) is 3. The van der Waals surface area contributed by atoms with Gasteiger partial charge in [0.1, 0.15) is 23.9 Å². The van der Waals surface area contributed by atoms with Crippen molar-refractivity contribution < 1.29 is 14.3 Å². The molecule has 35 heavy (non-hydrogen) atoms. The molecule has 0 bridgehead atoms. The zero-order valence-electron chi connectivity index (χ0n) is 20.4. The van der Waals surface area contributed by atoms with Crippen LogP contribution in [0.4, 0.5) is 11.5 Å². The van der Waals surface area contributed by atoms with Gasteiger partial charge in [0.15, 0.2) is 0 Å². The maximum absolute atomic E-state index is 13.1. The molecule has 2 aliphatic rings. The zero-order valence-corrected chi connectivity index (χ0v) is 20.4. The summed E-state index contributed by atoms with van der Waals surface area (Å²) in [6, 6.07) is 17.6. The molecular weight excluding hydrogens is 440 g/mol. The van der Waals surface area contributed by atoms with E-state index >= 15 is 0 Å². The monoisotopic (exact) mass is 474 g/mol. The molecule has 1 amide bonds. The van der Waals surface area contributed by atoms with Crippen molar-refractivity contribution in [3.8, 4) is 5.75 Å². The van der Waals surface area contributed by atoms with Crippen LogP contribution in [-0.4, -0.2) is 68.3 Å². The molecule has 7 nitrogen and oxygen atoms in total. The van der Waals surface area contributed by atoms with Crippen LogP contribution in [-0.2, 0) is 4.74 Å². The summed E-state index contributed by atoms with van der Waals surface area (Å²) >= 11 is 0. The molecule has 2 aromatic carbocycles. The van der Waals surface area contributed by atoms with Crippen molar-refractivity contribution in [1.29, 1.82) is 0 Å². The lowest BCUT2D eigenvalue weighted by Gasteiger charge is -2.31. The van der Waals surface area contributed by atoms with E-state index in [0.29, 0.717) is 12.3 Å². The Labute approximate surface area is 207 Å². The standard InChI is InChI=1S/C28H34N4O3/c1-21-11-13-32(14-12-21)27-8-4-7-25(29-27)28(33)30-24-9-10-26(23-6-3-2-5-22(23)24)35-20-17-31-15-18-34-19-16-31/h2-10,21H,11-20H2,1H3,(H,30,33). The van der Waals surface area contributed by atoms with Crippen molar-refractivity contribution in [2.24, 2.45) is 5.92 Å². The molecule has 3 heterocycles. The highest BCUT2D eigenvalue weighted by atomic mass is 16.5. The summed E-state index contributed by atoms with van der Waals surface area (Å²) in [5.74, 6) is 2.24. The molecule has 0 unspecified atom stereocenters. The fourth-order valence-corrected chi connectivity index (χ4v) is 4.77. The molecule has 1 N–H and O–H groups in total. The van der Waals surface area contributed by atoms with Crippen molar-refractivity contribution in [3.05, 3.63) is 60.3 Å². The Morgan fingerprint density at radius 3 is 2.57 bits per heavy atom. The molecule has 0 aliphatic carbocycles. The van der Waals surface area contributed by atoms with Gasteiger partial charge in [0.05, 0.1) is 13.2 Å². The zero-order chi connectivity index (χ0) is 24.0. The van der Waals surface area contributed by atoms with E-state index in [-0.39, 0.29) is 5.91 Å². The second-order valence-corrected chi connectivity index (χ2v) is 9.46. The van der Waals surface area contributed by atoms with E-state index in [1.165, 1.54) is 0 Å². The van der Waals surface area contributed by atoms with Gasteiger partial charge < -0.3 is 19.7 Å². The topological polar surface area (TPSA) is 66.9 Å². The van der Waals surface area contributed by atoms with E-state index in [4.69, 9.17) is 9.47 Å². The Hall–Kier alpha value is -3.16. The summed E-state index contributed by atoms with van der Waals surface area (Å²) < 4.78 is 11.6. The number of nitrogens with one attached hydrogen (secondary N) is 1. The molecule has 7 heteroatoms. The van der Waals surface area contributed by atoms with Crippen LogP contribution in [0.3, 0.4) is 0 Å². The largest absolute Gasteiger partial charge is 0.492 e. The second-order valence-electron chi connectivity index (χ2n) is 9.46. The third-order valence-electron chi connectivity index (χ3n) is 6.98. The van der Waals surface area contributed by atoms with Gasteiger partial charge in [0.25, 0.3) is 5.91 Å². The summed E-state index contributed by atoms with van der Waals surface area (Å²) in [6.07, 6.45) is 2.32.